The van der Waals surface area contributed by atoms with Gasteiger partial charge in [-0.1, -0.05) is 42.5 Å². The van der Waals surface area contributed by atoms with E-state index in [-0.39, 0.29) is 12.1 Å². The highest BCUT2D eigenvalue weighted by Gasteiger charge is 2.12. The fourth-order valence-electron chi connectivity index (χ4n) is 2.35. The molecular weight excluding hydrogens is 236 g/mol. The number of nitrogens with one attached hydrogen (secondary N) is 2. The summed E-state index contributed by atoms with van der Waals surface area (Å²) in [7, 11) is 0. The standard InChI is InChI=1S/C16H22N2O/c1-13(15-10-6-3-7-11-15)18-16(19)17-12-14-8-4-2-5-9-14/h2-4,6-7,10-11,13-14H,5,8-9,12H2,1H3,(H2,17,18,19). The van der Waals surface area contributed by atoms with Crippen molar-refractivity contribution in [2.45, 2.75) is 32.2 Å². The highest BCUT2D eigenvalue weighted by Crippen LogP contribution is 2.17. The van der Waals surface area contributed by atoms with Gasteiger partial charge in [-0.15, -0.1) is 0 Å². The number of hydrogen-bond donors (Lipinski definition) is 2. The van der Waals surface area contributed by atoms with Gasteiger partial charge in [-0.3, -0.25) is 0 Å². The number of rotatable bonds is 4. The van der Waals surface area contributed by atoms with E-state index in [0.717, 1.165) is 24.9 Å². The minimum absolute atomic E-state index is 0.0347. The van der Waals surface area contributed by atoms with Crippen molar-refractivity contribution in [2.75, 3.05) is 6.54 Å². The van der Waals surface area contributed by atoms with Gasteiger partial charge in [0.05, 0.1) is 6.04 Å². The summed E-state index contributed by atoms with van der Waals surface area (Å²) in [6.07, 6.45) is 7.81. The van der Waals surface area contributed by atoms with Crippen molar-refractivity contribution in [3.63, 3.8) is 0 Å². The molecule has 1 aliphatic rings. The van der Waals surface area contributed by atoms with Crippen LogP contribution in [0, 0.1) is 5.92 Å². The second-order valence-electron chi connectivity index (χ2n) is 5.14. The molecular formula is C16H22N2O. The normalized spacial score (nSPS) is 19.7. The molecule has 1 aromatic rings. The largest absolute Gasteiger partial charge is 0.338 e. The molecule has 0 bridgehead atoms. The molecule has 1 aromatic carbocycles. The van der Waals surface area contributed by atoms with E-state index in [1.54, 1.807) is 0 Å². The molecule has 0 heterocycles. The average molecular weight is 258 g/mol. The van der Waals surface area contributed by atoms with Crippen LogP contribution in [0.15, 0.2) is 42.5 Å². The second-order valence-corrected chi connectivity index (χ2v) is 5.14. The van der Waals surface area contributed by atoms with Crippen molar-refractivity contribution in [3.8, 4) is 0 Å². The van der Waals surface area contributed by atoms with Gasteiger partial charge in [0.15, 0.2) is 0 Å². The van der Waals surface area contributed by atoms with Crippen molar-refractivity contribution >= 4 is 6.03 Å². The maximum atomic E-state index is 11.8. The van der Waals surface area contributed by atoms with Crippen LogP contribution in [0.1, 0.15) is 37.8 Å². The summed E-state index contributed by atoms with van der Waals surface area (Å²) in [6.45, 7) is 2.76. The topological polar surface area (TPSA) is 41.1 Å². The van der Waals surface area contributed by atoms with E-state index in [1.807, 2.05) is 37.3 Å². The van der Waals surface area contributed by atoms with Crippen LogP contribution in [0.2, 0.25) is 0 Å². The van der Waals surface area contributed by atoms with Crippen LogP contribution in [0.4, 0.5) is 4.79 Å². The minimum Gasteiger partial charge on any atom is -0.338 e. The van der Waals surface area contributed by atoms with Crippen LogP contribution < -0.4 is 10.6 Å². The van der Waals surface area contributed by atoms with Gasteiger partial charge in [-0.2, -0.15) is 0 Å². The molecule has 2 amide bonds. The highest BCUT2D eigenvalue weighted by molar-refractivity contribution is 5.74. The molecule has 0 fully saturated rings. The maximum Gasteiger partial charge on any atom is 0.315 e. The molecule has 2 unspecified atom stereocenters. The number of urea groups is 1. The second kappa shape index (κ2) is 6.98. The van der Waals surface area contributed by atoms with E-state index in [1.165, 1.54) is 6.42 Å². The van der Waals surface area contributed by atoms with E-state index in [9.17, 15) is 4.79 Å². The Hall–Kier alpha value is -1.77. The number of carbonyl (C=O) groups excluding carboxylic acids is 1. The molecule has 0 spiro atoms. The van der Waals surface area contributed by atoms with Crippen LogP contribution in [-0.2, 0) is 0 Å². The van der Waals surface area contributed by atoms with Gasteiger partial charge in [-0.25, -0.2) is 4.79 Å². The Morgan fingerprint density at radius 1 is 1.32 bits per heavy atom. The number of hydrogen-bond acceptors (Lipinski definition) is 1. The fourth-order valence-corrected chi connectivity index (χ4v) is 2.35. The van der Waals surface area contributed by atoms with E-state index >= 15 is 0 Å². The molecule has 3 nitrogen and oxygen atoms in total. The zero-order valence-electron chi connectivity index (χ0n) is 11.4. The molecule has 0 aliphatic heterocycles. The van der Waals surface area contributed by atoms with E-state index in [2.05, 4.69) is 22.8 Å². The molecule has 2 atom stereocenters. The van der Waals surface area contributed by atoms with Crippen LogP contribution in [0.25, 0.3) is 0 Å². The fraction of sp³-hybridized carbons (Fsp3) is 0.438. The van der Waals surface area contributed by atoms with Crippen molar-refractivity contribution < 1.29 is 4.79 Å². The molecule has 2 rings (SSSR count). The number of amides is 2. The SMILES string of the molecule is CC(NC(=O)NCC1CC=CCC1)c1ccccc1. The van der Waals surface area contributed by atoms with E-state index in [0.29, 0.717) is 5.92 Å². The molecule has 1 aliphatic carbocycles. The summed E-state index contributed by atoms with van der Waals surface area (Å²) < 4.78 is 0. The highest BCUT2D eigenvalue weighted by atomic mass is 16.2. The Bertz CT molecular complexity index is 428. The Morgan fingerprint density at radius 2 is 2.11 bits per heavy atom. The van der Waals surface area contributed by atoms with Gasteiger partial charge in [0.2, 0.25) is 0 Å². The summed E-state index contributed by atoms with van der Waals surface area (Å²) >= 11 is 0. The van der Waals surface area contributed by atoms with Crippen LogP contribution >= 0.6 is 0 Å². The lowest BCUT2D eigenvalue weighted by Crippen LogP contribution is -2.39. The van der Waals surface area contributed by atoms with Gasteiger partial charge in [0.25, 0.3) is 0 Å². The van der Waals surface area contributed by atoms with Crippen molar-refractivity contribution in [2.24, 2.45) is 5.92 Å². The minimum atomic E-state index is -0.0779. The predicted octanol–water partition coefficient (Wildman–Crippen LogP) is 3.40. The third-order valence-corrected chi connectivity index (χ3v) is 3.58. The molecule has 2 N–H and O–H groups in total. The van der Waals surface area contributed by atoms with E-state index in [4.69, 9.17) is 0 Å². The number of benzene rings is 1. The maximum absolute atomic E-state index is 11.8. The van der Waals surface area contributed by atoms with Crippen molar-refractivity contribution in [3.05, 3.63) is 48.0 Å². The number of allylic oxidation sites excluding steroid dienone is 2. The Labute approximate surface area is 115 Å². The molecule has 0 saturated carbocycles. The Morgan fingerprint density at radius 3 is 2.79 bits per heavy atom. The molecule has 102 valence electrons. The molecule has 0 aromatic heterocycles. The summed E-state index contributed by atoms with van der Waals surface area (Å²) in [6, 6.07) is 9.96. The third-order valence-electron chi connectivity index (χ3n) is 3.58. The van der Waals surface area contributed by atoms with Crippen LogP contribution in [0.3, 0.4) is 0 Å². The van der Waals surface area contributed by atoms with Crippen molar-refractivity contribution in [1.82, 2.24) is 10.6 Å². The zero-order chi connectivity index (χ0) is 13.5. The predicted molar refractivity (Wildman–Crippen MR) is 77.9 cm³/mol. The van der Waals surface area contributed by atoms with Gasteiger partial charge in [-0.05, 0) is 37.7 Å². The lowest BCUT2D eigenvalue weighted by Gasteiger charge is -2.20. The van der Waals surface area contributed by atoms with Gasteiger partial charge >= 0.3 is 6.03 Å². The lowest BCUT2D eigenvalue weighted by molar-refractivity contribution is 0.235. The van der Waals surface area contributed by atoms with Gasteiger partial charge in [0, 0.05) is 6.54 Å². The lowest BCUT2D eigenvalue weighted by atomic mass is 9.94. The molecule has 0 radical (unpaired) electrons. The first-order valence-electron chi connectivity index (χ1n) is 7.00. The van der Waals surface area contributed by atoms with Gasteiger partial charge in [0.1, 0.15) is 0 Å². The summed E-state index contributed by atoms with van der Waals surface area (Å²) in [4.78, 5) is 11.8. The van der Waals surface area contributed by atoms with Crippen molar-refractivity contribution in [1.29, 1.82) is 0 Å². The van der Waals surface area contributed by atoms with Gasteiger partial charge < -0.3 is 10.6 Å². The number of carbonyl (C=O) groups is 1. The molecule has 19 heavy (non-hydrogen) atoms. The van der Waals surface area contributed by atoms with Crippen LogP contribution in [-0.4, -0.2) is 12.6 Å². The molecule has 3 heteroatoms. The first-order chi connectivity index (χ1) is 9.25. The third kappa shape index (κ3) is 4.43. The smallest absolute Gasteiger partial charge is 0.315 e. The zero-order valence-corrected chi connectivity index (χ0v) is 11.4. The average Bonchev–Trinajstić information content (AvgIpc) is 2.47. The Balaban J connectivity index is 1.73. The van der Waals surface area contributed by atoms with E-state index < -0.39 is 0 Å². The van der Waals surface area contributed by atoms with Crippen LogP contribution in [0.5, 0.6) is 0 Å². The molecule has 0 saturated heterocycles. The Kier molecular flexibility index (Phi) is 5.01. The summed E-state index contributed by atoms with van der Waals surface area (Å²) in [5.41, 5.74) is 1.12. The first-order valence-corrected chi connectivity index (χ1v) is 7.00. The monoisotopic (exact) mass is 258 g/mol. The quantitative estimate of drug-likeness (QED) is 0.798. The summed E-state index contributed by atoms with van der Waals surface area (Å²) in [5, 5.41) is 5.94. The summed E-state index contributed by atoms with van der Waals surface area (Å²) in [5.74, 6) is 0.586. The first kappa shape index (κ1) is 13.7.